The van der Waals surface area contributed by atoms with Gasteiger partial charge in [-0.05, 0) is 12.1 Å². The van der Waals surface area contributed by atoms with Crippen molar-refractivity contribution in [2.75, 3.05) is 13.2 Å². The van der Waals surface area contributed by atoms with Gasteiger partial charge in [0.2, 0.25) is 0 Å². The SMILES string of the molecule is C[n+]1ccccc1C1COC(c2ccc([N+](=O)[O-])cc2)OC1.[I-]. The number of rotatable bonds is 3. The van der Waals surface area contributed by atoms with Gasteiger partial charge in [0.25, 0.3) is 5.69 Å². The lowest BCUT2D eigenvalue weighted by Crippen LogP contribution is -3.00. The van der Waals surface area contributed by atoms with Crippen LogP contribution in [0.1, 0.15) is 23.5 Å². The quantitative estimate of drug-likeness (QED) is 0.280. The molecule has 1 aliphatic rings. The first kappa shape index (κ1) is 17.8. The van der Waals surface area contributed by atoms with Crippen LogP contribution in [-0.2, 0) is 16.5 Å². The molecule has 6 nitrogen and oxygen atoms in total. The first-order valence-corrected chi connectivity index (χ1v) is 7.07. The van der Waals surface area contributed by atoms with Crippen LogP contribution in [-0.4, -0.2) is 18.1 Å². The Labute approximate surface area is 151 Å². The fourth-order valence-corrected chi connectivity index (χ4v) is 2.58. The maximum Gasteiger partial charge on any atom is 0.269 e. The lowest BCUT2D eigenvalue weighted by atomic mass is 10.1. The number of nitro groups is 1. The van der Waals surface area contributed by atoms with Crippen LogP contribution in [0.25, 0.3) is 0 Å². The highest BCUT2D eigenvalue weighted by molar-refractivity contribution is 5.33. The Hall–Kier alpha value is -1.58. The number of pyridine rings is 1. The summed E-state index contributed by atoms with van der Waals surface area (Å²) in [6.07, 6.45) is 1.53. The zero-order valence-corrected chi connectivity index (χ0v) is 14.8. The summed E-state index contributed by atoms with van der Waals surface area (Å²) in [5.74, 6) is 0.181. The predicted molar refractivity (Wildman–Crippen MR) is 78.1 cm³/mol. The minimum absolute atomic E-state index is 0. The fraction of sp³-hybridized carbons (Fsp3) is 0.312. The zero-order valence-electron chi connectivity index (χ0n) is 12.6. The van der Waals surface area contributed by atoms with Crippen LogP contribution in [0.15, 0.2) is 48.7 Å². The summed E-state index contributed by atoms with van der Waals surface area (Å²) in [7, 11) is 2.00. The van der Waals surface area contributed by atoms with E-state index in [1.165, 1.54) is 12.1 Å². The molecule has 1 aromatic heterocycles. The minimum atomic E-state index is -0.467. The van der Waals surface area contributed by atoms with Gasteiger partial charge in [-0.15, -0.1) is 0 Å². The third-order valence-corrected chi connectivity index (χ3v) is 3.79. The molecule has 0 spiro atoms. The van der Waals surface area contributed by atoms with E-state index < -0.39 is 11.2 Å². The lowest BCUT2D eigenvalue weighted by molar-refractivity contribution is -0.681. The van der Waals surface area contributed by atoms with Gasteiger partial charge in [0.1, 0.15) is 7.05 Å². The van der Waals surface area contributed by atoms with Crippen LogP contribution in [0.2, 0.25) is 0 Å². The molecule has 0 unspecified atom stereocenters. The van der Waals surface area contributed by atoms with Crippen LogP contribution in [0, 0.1) is 10.1 Å². The van der Waals surface area contributed by atoms with Crippen LogP contribution >= 0.6 is 0 Å². The molecular formula is C16H17IN2O4. The molecular weight excluding hydrogens is 411 g/mol. The van der Waals surface area contributed by atoms with E-state index in [-0.39, 0.29) is 35.6 Å². The average molecular weight is 428 g/mol. The molecule has 0 bridgehead atoms. The second-order valence-corrected chi connectivity index (χ2v) is 5.28. The van der Waals surface area contributed by atoms with E-state index in [0.717, 1.165) is 11.3 Å². The number of aromatic nitrogens is 1. The fourth-order valence-electron chi connectivity index (χ4n) is 2.58. The molecule has 2 heterocycles. The first-order valence-electron chi connectivity index (χ1n) is 7.07. The highest BCUT2D eigenvalue weighted by atomic mass is 127. The van der Waals surface area contributed by atoms with Crippen molar-refractivity contribution in [1.82, 2.24) is 0 Å². The summed E-state index contributed by atoms with van der Waals surface area (Å²) in [5, 5.41) is 10.7. The van der Waals surface area contributed by atoms with Crippen molar-refractivity contribution in [2.24, 2.45) is 7.05 Å². The predicted octanol–water partition coefficient (Wildman–Crippen LogP) is -0.747. The van der Waals surface area contributed by atoms with E-state index in [2.05, 4.69) is 10.6 Å². The second-order valence-electron chi connectivity index (χ2n) is 5.28. The molecule has 0 aliphatic carbocycles. The summed E-state index contributed by atoms with van der Waals surface area (Å²) in [5.41, 5.74) is 2.01. The number of halogens is 1. The van der Waals surface area contributed by atoms with Gasteiger partial charge in [0.05, 0.1) is 24.1 Å². The van der Waals surface area contributed by atoms with Gasteiger partial charge in [0, 0.05) is 29.8 Å². The average Bonchev–Trinajstić information content (AvgIpc) is 2.56. The summed E-state index contributed by atoms with van der Waals surface area (Å²) in [4.78, 5) is 10.2. The Morgan fingerprint density at radius 3 is 2.35 bits per heavy atom. The summed E-state index contributed by atoms with van der Waals surface area (Å²) >= 11 is 0. The van der Waals surface area contributed by atoms with Crippen LogP contribution in [0.4, 0.5) is 5.69 Å². The van der Waals surface area contributed by atoms with Crippen molar-refractivity contribution >= 4 is 5.69 Å². The van der Waals surface area contributed by atoms with Gasteiger partial charge in [-0.25, -0.2) is 4.57 Å². The van der Waals surface area contributed by atoms with Crippen molar-refractivity contribution in [3.63, 3.8) is 0 Å². The number of ether oxygens (including phenoxy) is 2. The molecule has 0 amide bonds. The van der Waals surface area contributed by atoms with Gasteiger partial charge in [-0.1, -0.05) is 6.07 Å². The Kier molecular flexibility index (Phi) is 6.03. The number of aryl methyl sites for hydroxylation is 1. The molecule has 3 rings (SSSR count). The van der Waals surface area contributed by atoms with E-state index in [1.807, 2.05) is 25.4 Å². The molecule has 1 aromatic carbocycles. The van der Waals surface area contributed by atoms with Crippen molar-refractivity contribution in [3.05, 3.63) is 70.0 Å². The second kappa shape index (κ2) is 7.80. The van der Waals surface area contributed by atoms with E-state index >= 15 is 0 Å². The van der Waals surface area contributed by atoms with E-state index in [1.54, 1.807) is 12.1 Å². The molecule has 122 valence electrons. The van der Waals surface area contributed by atoms with Crippen molar-refractivity contribution in [3.8, 4) is 0 Å². The van der Waals surface area contributed by atoms with E-state index in [9.17, 15) is 10.1 Å². The minimum Gasteiger partial charge on any atom is -1.00 e. The largest absolute Gasteiger partial charge is 1.00 e. The molecule has 0 N–H and O–H groups in total. The molecule has 23 heavy (non-hydrogen) atoms. The highest BCUT2D eigenvalue weighted by Gasteiger charge is 2.29. The van der Waals surface area contributed by atoms with E-state index in [4.69, 9.17) is 9.47 Å². The molecule has 1 saturated heterocycles. The smallest absolute Gasteiger partial charge is 0.269 e. The molecule has 2 aromatic rings. The molecule has 1 fully saturated rings. The Balaban J connectivity index is 0.00000192. The van der Waals surface area contributed by atoms with Gasteiger partial charge in [0.15, 0.2) is 18.2 Å². The van der Waals surface area contributed by atoms with Gasteiger partial charge in [-0.3, -0.25) is 10.1 Å². The molecule has 0 radical (unpaired) electrons. The van der Waals surface area contributed by atoms with Crippen molar-refractivity contribution in [1.29, 1.82) is 0 Å². The summed E-state index contributed by atoms with van der Waals surface area (Å²) in [6.45, 7) is 1.11. The Morgan fingerprint density at radius 2 is 1.78 bits per heavy atom. The number of nitrogens with zero attached hydrogens (tertiary/aromatic N) is 2. The number of nitro benzene ring substituents is 1. The normalized spacial score (nSPS) is 20.6. The van der Waals surface area contributed by atoms with Crippen LogP contribution in [0.3, 0.4) is 0 Å². The van der Waals surface area contributed by atoms with Gasteiger partial charge < -0.3 is 33.5 Å². The lowest BCUT2D eigenvalue weighted by Gasteiger charge is -2.28. The summed E-state index contributed by atoms with van der Waals surface area (Å²) < 4.78 is 13.6. The molecule has 0 saturated carbocycles. The third-order valence-electron chi connectivity index (χ3n) is 3.79. The monoisotopic (exact) mass is 428 g/mol. The highest BCUT2D eigenvalue weighted by Crippen LogP contribution is 2.29. The third kappa shape index (κ3) is 4.04. The molecule has 1 aliphatic heterocycles. The zero-order chi connectivity index (χ0) is 15.5. The summed E-state index contributed by atoms with van der Waals surface area (Å²) in [6, 6.07) is 12.3. The maximum absolute atomic E-state index is 10.7. The standard InChI is InChI=1S/C16H17N2O4.HI/c1-17-9-3-2-4-15(17)13-10-21-16(22-11-13)12-5-7-14(8-6-12)18(19)20;/h2-9,13,16H,10-11H2,1H3;1H/q+1;/p-1. The number of non-ortho nitro benzene ring substituents is 1. The maximum atomic E-state index is 10.7. The first-order chi connectivity index (χ1) is 10.6. The van der Waals surface area contributed by atoms with Crippen molar-refractivity contribution < 1.29 is 42.9 Å². The number of benzene rings is 1. The van der Waals surface area contributed by atoms with Crippen molar-refractivity contribution in [2.45, 2.75) is 12.2 Å². The molecule has 7 heteroatoms. The molecule has 0 atom stereocenters. The van der Waals surface area contributed by atoms with E-state index in [0.29, 0.717) is 13.2 Å². The topological polar surface area (TPSA) is 65.5 Å². The van der Waals surface area contributed by atoms with Gasteiger partial charge >= 0.3 is 0 Å². The number of hydrogen-bond acceptors (Lipinski definition) is 4. The van der Waals surface area contributed by atoms with Gasteiger partial charge in [-0.2, -0.15) is 0 Å². The number of hydrogen-bond donors (Lipinski definition) is 0. The Bertz CT molecular complexity index is 670. The van der Waals surface area contributed by atoms with Crippen LogP contribution in [0.5, 0.6) is 0 Å². The Morgan fingerprint density at radius 1 is 1.13 bits per heavy atom. The van der Waals surface area contributed by atoms with Crippen LogP contribution < -0.4 is 28.5 Å².